The van der Waals surface area contributed by atoms with Crippen molar-refractivity contribution in [1.82, 2.24) is 5.32 Å². The van der Waals surface area contributed by atoms with Gasteiger partial charge >= 0.3 is 0 Å². The predicted octanol–water partition coefficient (Wildman–Crippen LogP) is 3.92. The second kappa shape index (κ2) is 5.89. The summed E-state index contributed by atoms with van der Waals surface area (Å²) < 4.78 is 0. The molecular formula is C14H11Cl2NO. The predicted molar refractivity (Wildman–Crippen MR) is 74.1 cm³/mol. The second-order valence-corrected chi connectivity index (χ2v) is 4.58. The average Bonchev–Trinajstić information content (AvgIpc) is 2.37. The van der Waals surface area contributed by atoms with Crippen LogP contribution in [0.4, 0.5) is 0 Å². The van der Waals surface area contributed by atoms with Crippen LogP contribution in [0.5, 0.6) is 0 Å². The first-order chi connectivity index (χ1) is 8.68. The van der Waals surface area contributed by atoms with E-state index < -0.39 is 0 Å². The van der Waals surface area contributed by atoms with Gasteiger partial charge in [-0.1, -0.05) is 59.6 Å². The Morgan fingerprint density at radius 2 is 1.56 bits per heavy atom. The summed E-state index contributed by atoms with van der Waals surface area (Å²) in [7, 11) is 0. The molecule has 2 aromatic carbocycles. The van der Waals surface area contributed by atoms with Gasteiger partial charge in [-0.3, -0.25) is 4.79 Å². The van der Waals surface area contributed by atoms with Crippen molar-refractivity contribution in [3.63, 3.8) is 0 Å². The fourth-order valence-electron chi connectivity index (χ4n) is 1.58. The molecule has 2 aromatic rings. The van der Waals surface area contributed by atoms with Crippen molar-refractivity contribution in [1.29, 1.82) is 0 Å². The van der Waals surface area contributed by atoms with Gasteiger partial charge in [0.25, 0.3) is 5.91 Å². The molecule has 0 aliphatic heterocycles. The number of amides is 1. The highest BCUT2D eigenvalue weighted by Crippen LogP contribution is 2.23. The lowest BCUT2D eigenvalue weighted by molar-refractivity contribution is 0.0951. The van der Waals surface area contributed by atoms with Crippen molar-refractivity contribution < 1.29 is 4.79 Å². The van der Waals surface area contributed by atoms with Gasteiger partial charge < -0.3 is 5.32 Å². The average molecular weight is 280 g/mol. The highest BCUT2D eigenvalue weighted by molar-refractivity contribution is 6.39. The van der Waals surface area contributed by atoms with Crippen LogP contribution in [0, 0.1) is 0 Å². The molecule has 0 fully saturated rings. The quantitative estimate of drug-likeness (QED) is 0.907. The van der Waals surface area contributed by atoms with Crippen LogP contribution >= 0.6 is 23.2 Å². The molecule has 0 aliphatic rings. The summed E-state index contributed by atoms with van der Waals surface area (Å²) in [6.45, 7) is 0.446. The minimum atomic E-state index is -0.269. The Kier molecular flexibility index (Phi) is 4.24. The standard InChI is InChI=1S/C14H11Cl2NO/c15-11-7-4-8-12(16)13(11)14(18)17-9-10-5-2-1-3-6-10/h1-8H,9H2,(H,17,18). The fraction of sp³-hybridized carbons (Fsp3) is 0.0714. The number of carbonyl (C=O) groups excluding carboxylic acids is 1. The molecule has 1 amide bonds. The van der Waals surface area contributed by atoms with Crippen LogP contribution in [-0.2, 0) is 6.54 Å². The summed E-state index contributed by atoms with van der Waals surface area (Å²) in [5.41, 5.74) is 1.34. The summed E-state index contributed by atoms with van der Waals surface area (Å²) in [5.74, 6) is -0.269. The van der Waals surface area contributed by atoms with E-state index >= 15 is 0 Å². The van der Waals surface area contributed by atoms with E-state index in [-0.39, 0.29) is 5.91 Å². The third-order valence-electron chi connectivity index (χ3n) is 2.49. The highest BCUT2D eigenvalue weighted by atomic mass is 35.5. The van der Waals surface area contributed by atoms with Crippen LogP contribution < -0.4 is 5.32 Å². The third-order valence-corrected chi connectivity index (χ3v) is 3.12. The van der Waals surface area contributed by atoms with Crippen LogP contribution in [0.3, 0.4) is 0 Å². The van der Waals surface area contributed by atoms with Crippen LogP contribution in [0.25, 0.3) is 0 Å². The van der Waals surface area contributed by atoms with E-state index in [2.05, 4.69) is 5.32 Å². The number of rotatable bonds is 3. The first-order valence-corrected chi connectivity index (χ1v) is 6.20. The fourth-order valence-corrected chi connectivity index (χ4v) is 2.15. The Labute approximate surface area is 116 Å². The molecule has 0 unspecified atom stereocenters. The van der Waals surface area contributed by atoms with Crippen LogP contribution in [0.1, 0.15) is 15.9 Å². The Bertz CT molecular complexity index is 535. The maximum absolute atomic E-state index is 12.0. The van der Waals surface area contributed by atoms with E-state index in [9.17, 15) is 4.79 Å². The molecule has 0 bridgehead atoms. The monoisotopic (exact) mass is 279 g/mol. The van der Waals surface area contributed by atoms with Crippen LogP contribution in [0.2, 0.25) is 10.0 Å². The lowest BCUT2D eigenvalue weighted by Gasteiger charge is -2.08. The Hall–Kier alpha value is -1.51. The molecule has 0 spiro atoms. The molecule has 0 saturated heterocycles. The maximum Gasteiger partial charge on any atom is 0.254 e. The molecule has 0 atom stereocenters. The number of carbonyl (C=O) groups is 1. The van der Waals surface area contributed by atoms with E-state index in [1.165, 1.54) is 0 Å². The van der Waals surface area contributed by atoms with Crippen molar-refractivity contribution in [2.24, 2.45) is 0 Å². The number of hydrogen-bond acceptors (Lipinski definition) is 1. The van der Waals surface area contributed by atoms with E-state index in [1.807, 2.05) is 30.3 Å². The van der Waals surface area contributed by atoms with Crippen molar-refractivity contribution in [2.75, 3.05) is 0 Å². The Morgan fingerprint density at radius 3 is 2.17 bits per heavy atom. The molecule has 0 heterocycles. The molecular weight excluding hydrogens is 269 g/mol. The summed E-state index contributed by atoms with van der Waals surface area (Å²) >= 11 is 11.9. The normalized spacial score (nSPS) is 10.1. The van der Waals surface area contributed by atoms with Gasteiger partial charge in [-0.25, -0.2) is 0 Å². The van der Waals surface area contributed by atoms with E-state index in [4.69, 9.17) is 23.2 Å². The molecule has 0 saturated carbocycles. The Morgan fingerprint density at radius 1 is 0.944 bits per heavy atom. The van der Waals surface area contributed by atoms with Gasteiger partial charge in [-0.05, 0) is 17.7 Å². The van der Waals surface area contributed by atoms with E-state index in [1.54, 1.807) is 18.2 Å². The summed E-state index contributed by atoms with van der Waals surface area (Å²) in [6, 6.07) is 14.6. The number of halogens is 2. The number of hydrogen-bond donors (Lipinski definition) is 1. The topological polar surface area (TPSA) is 29.1 Å². The van der Waals surface area contributed by atoms with Gasteiger partial charge in [0.15, 0.2) is 0 Å². The zero-order chi connectivity index (χ0) is 13.0. The number of benzene rings is 2. The summed E-state index contributed by atoms with van der Waals surface area (Å²) in [6.07, 6.45) is 0. The first-order valence-electron chi connectivity index (χ1n) is 5.44. The van der Waals surface area contributed by atoms with Gasteiger partial charge in [-0.2, -0.15) is 0 Å². The minimum Gasteiger partial charge on any atom is -0.348 e. The molecule has 92 valence electrons. The largest absolute Gasteiger partial charge is 0.348 e. The molecule has 18 heavy (non-hydrogen) atoms. The molecule has 2 nitrogen and oxygen atoms in total. The van der Waals surface area contributed by atoms with Gasteiger partial charge in [0, 0.05) is 6.54 Å². The molecule has 0 aliphatic carbocycles. The number of nitrogens with one attached hydrogen (secondary N) is 1. The van der Waals surface area contributed by atoms with Gasteiger partial charge in [-0.15, -0.1) is 0 Å². The molecule has 4 heteroatoms. The maximum atomic E-state index is 12.0. The first kappa shape index (κ1) is 12.9. The third kappa shape index (κ3) is 3.03. The van der Waals surface area contributed by atoms with Crippen molar-refractivity contribution in [3.05, 3.63) is 69.7 Å². The smallest absolute Gasteiger partial charge is 0.254 e. The molecule has 2 rings (SSSR count). The molecule has 1 N–H and O–H groups in total. The zero-order valence-electron chi connectivity index (χ0n) is 9.49. The summed E-state index contributed by atoms with van der Waals surface area (Å²) in [5, 5.41) is 3.50. The SMILES string of the molecule is O=C(NCc1ccccc1)c1c(Cl)cccc1Cl. The minimum absolute atomic E-state index is 0.269. The van der Waals surface area contributed by atoms with Gasteiger partial charge in [0.2, 0.25) is 0 Å². The Balaban J connectivity index is 2.09. The lowest BCUT2D eigenvalue weighted by atomic mass is 10.2. The van der Waals surface area contributed by atoms with E-state index in [0.717, 1.165) is 5.56 Å². The van der Waals surface area contributed by atoms with Gasteiger partial charge in [0.1, 0.15) is 0 Å². The highest BCUT2D eigenvalue weighted by Gasteiger charge is 2.13. The second-order valence-electron chi connectivity index (χ2n) is 3.76. The lowest BCUT2D eigenvalue weighted by Crippen LogP contribution is -2.23. The molecule has 0 aromatic heterocycles. The van der Waals surface area contributed by atoms with Crippen molar-refractivity contribution in [2.45, 2.75) is 6.54 Å². The van der Waals surface area contributed by atoms with Gasteiger partial charge in [0.05, 0.1) is 15.6 Å². The van der Waals surface area contributed by atoms with Crippen LogP contribution in [-0.4, -0.2) is 5.91 Å². The molecule has 0 radical (unpaired) electrons. The zero-order valence-corrected chi connectivity index (χ0v) is 11.0. The van der Waals surface area contributed by atoms with Crippen LogP contribution in [0.15, 0.2) is 48.5 Å². The van der Waals surface area contributed by atoms with E-state index in [0.29, 0.717) is 22.2 Å². The van der Waals surface area contributed by atoms with Crippen molar-refractivity contribution >= 4 is 29.1 Å². The summed E-state index contributed by atoms with van der Waals surface area (Å²) in [4.78, 5) is 12.0. The van der Waals surface area contributed by atoms with Crippen molar-refractivity contribution in [3.8, 4) is 0 Å².